The third-order valence-electron chi connectivity index (χ3n) is 6.02. The topological polar surface area (TPSA) is 67.3 Å². The van der Waals surface area contributed by atoms with Gasteiger partial charge in [-0.05, 0) is 60.5 Å². The van der Waals surface area contributed by atoms with Gasteiger partial charge in [0.15, 0.2) is 6.17 Å². The van der Waals surface area contributed by atoms with E-state index in [2.05, 4.69) is 33.9 Å². The molecule has 2 aliphatic heterocycles. The number of piperidine rings is 2. The van der Waals surface area contributed by atoms with Crippen LogP contribution in [0.5, 0.6) is 11.6 Å². The normalized spacial score (nSPS) is 25.8. The van der Waals surface area contributed by atoms with Crippen molar-refractivity contribution < 1.29 is 14.2 Å². The number of aromatic hydroxyl groups is 1. The summed E-state index contributed by atoms with van der Waals surface area (Å²) in [6.07, 6.45) is 2.09. The first-order chi connectivity index (χ1) is 14.6. The molecule has 3 aromatic rings. The number of benzene rings is 1. The van der Waals surface area contributed by atoms with Crippen LogP contribution in [0.1, 0.15) is 30.6 Å². The number of halogens is 1. The summed E-state index contributed by atoms with van der Waals surface area (Å²) in [6, 6.07) is 11.3. The van der Waals surface area contributed by atoms with Gasteiger partial charge in [-0.1, -0.05) is 12.5 Å². The lowest BCUT2D eigenvalue weighted by molar-refractivity contribution is 0.00652. The lowest BCUT2D eigenvalue weighted by Gasteiger charge is -2.42. The number of nitrogens with zero attached hydrogens (tertiary/aromatic N) is 2. The third kappa shape index (κ3) is 3.79. The predicted molar refractivity (Wildman–Crippen MR) is 116 cm³/mol. The molecule has 5 rings (SSSR count). The molecule has 0 aliphatic carbocycles. The zero-order valence-electron chi connectivity index (χ0n) is 16.7. The summed E-state index contributed by atoms with van der Waals surface area (Å²) in [7, 11) is 0. The smallest absolute Gasteiger partial charge is 0.233 e. The van der Waals surface area contributed by atoms with Crippen LogP contribution in [0.15, 0.2) is 41.8 Å². The molecule has 2 aromatic heterocycles. The van der Waals surface area contributed by atoms with E-state index < -0.39 is 12.3 Å². The molecule has 0 radical (unpaired) electrons. The number of nitrogens with one attached hydrogen (secondary N) is 1. The summed E-state index contributed by atoms with van der Waals surface area (Å²) < 4.78 is 20.6. The Labute approximate surface area is 178 Å². The minimum absolute atomic E-state index is 0.128. The van der Waals surface area contributed by atoms with Gasteiger partial charge in [-0.2, -0.15) is 0 Å². The van der Waals surface area contributed by atoms with Gasteiger partial charge < -0.3 is 15.2 Å². The minimum atomic E-state index is -1.04. The van der Waals surface area contributed by atoms with Crippen LogP contribution in [0.2, 0.25) is 0 Å². The molecule has 2 saturated heterocycles. The minimum Gasteiger partial charge on any atom is -0.507 e. The Morgan fingerprint density at radius 2 is 2.03 bits per heavy atom. The molecule has 2 fully saturated rings. The number of rotatable bonds is 4. The Kier molecular flexibility index (Phi) is 5.16. The van der Waals surface area contributed by atoms with Crippen molar-refractivity contribution in [1.29, 1.82) is 0 Å². The summed E-state index contributed by atoms with van der Waals surface area (Å²) >= 11 is 1.68. The first-order valence-corrected chi connectivity index (χ1v) is 11.2. The molecule has 2 bridgehead atoms. The van der Waals surface area contributed by atoms with Crippen molar-refractivity contribution >= 4 is 11.3 Å². The Morgan fingerprint density at radius 3 is 2.77 bits per heavy atom. The molecule has 30 heavy (non-hydrogen) atoms. The number of phenols is 1. The second kappa shape index (κ2) is 7.96. The fourth-order valence-electron chi connectivity index (χ4n) is 4.48. The molecule has 7 heteroatoms. The van der Waals surface area contributed by atoms with Crippen molar-refractivity contribution in [1.82, 2.24) is 15.5 Å². The zero-order valence-corrected chi connectivity index (χ0v) is 17.5. The quantitative estimate of drug-likeness (QED) is 0.623. The number of ether oxygens (including phenoxy) is 1. The van der Waals surface area contributed by atoms with E-state index in [0.717, 1.165) is 30.4 Å². The number of hydrogen-bond acceptors (Lipinski definition) is 6. The van der Waals surface area contributed by atoms with E-state index >= 15 is 0 Å². The maximum Gasteiger partial charge on any atom is 0.233 e. The van der Waals surface area contributed by atoms with E-state index in [9.17, 15) is 9.50 Å². The van der Waals surface area contributed by atoms with Gasteiger partial charge in [0, 0.05) is 35.0 Å². The highest BCUT2D eigenvalue weighted by Gasteiger charge is 2.41. The molecule has 0 saturated carbocycles. The number of thiophene rings is 1. The maximum atomic E-state index is 14.7. The fraction of sp³-hybridized carbons (Fsp3) is 0.391. The van der Waals surface area contributed by atoms with Crippen molar-refractivity contribution in [3.63, 3.8) is 0 Å². The van der Waals surface area contributed by atoms with Crippen LogP contribution in [0.25, 0.3) is 22.4 Å². The molecule has 1 aromatic carbocycles. The summed E-state index contributed by atoms with van der Waals surface area (Å²) in [5.74, 6) is 0.463. The van der Waals surface area contributed by atoms with E-state index in [0.29, 0.717) is 29.6 Å². The van der Waals surface area contributed by atoms with E-state index in [1.54, 1.807) is 29.5 Å². The number of hydrogen-bond donors (Lipinski definition) is 2. The predicted octanol–water partition coefficient (Wildman–Crippen LogP) is 4.89. The molecule has 4 atom stereocenters. The summed E-state index contributed by atoms with van der Waals surface area (Å²) in [6.45, 7) is 2.06. The van der Waals surface area contributed by atoms with Gasteiger partial charge in [0.2, 0.25) is 5.88 Å². The molecular weight excluding hydrogens is 401 g/mol. The highest BCUT2D eigenvalue weighted by molar-refractivity contribution is 7.10. The largest absolute Gasteiger partial charge is 0.507 e. The first kappa shape index (κ1) is 19.5. The zero-order chi connectivity index (χ0) is 20.7. The van der Waals surface area contributed by atoms with Crippen molar-refractivity contribution in [2.24, 2.45) is 0 Å². The molecule has 0 amide bonds. The molecule has 2 unspecified atom stereocenters. The van der Waals surface area contributed by atoms with Crippen molar-refractivity contribution in [2.45, 2.75) is 57.0 Å². The molecule has 2 N–H and O–H groups in total. The average molecular weight is 426 g/mol. The summed E-state index contributed by atoms with van der Waals surface area (Å²) in [5, 5.41) is 24.3. The monoisotopic (exact) mass is 425 g/mol. The molecule has 4 heterocycles. The van der Waals surface area contributed by atoms with Crippen LogP contribution >= 0.6 is 11.3 Å². The average Bonchev–Trinajstić information content (AvgIpc) is 3.19. The Hall–Kier alpha value is -2.51. The van der Waals surface area contributed by atoms with E-state index in [-0.39, 0.29) is 11.8 Å². The van der Waals surface area contributed by atoms with Crippen LogP contribution in [0.4, 0.5) is 4.39 Å². The van der Waals surface area contributed by atoms with Crippen molar-refractivity contribution in [3.05, 3.63) is 46.7 Å². The van der Waals surface area contributed by atoms with Crippen molar-refractivity contribution in [3.8, 4) is 34.0 Å². The van der Waals surface area contributed by atoms with Crippen LogP contribution in [-0.2, 0) is 0 Å². The second-order valence-electron chi connectivity index (χ2n) is 8.17. The molecular formula is C23H24FN3O2S. The standard InChI is InChI=1S/C23H24FN3O2S/c1-13-9-15(12-30-13)14-5-6-17(20(28)10-14)18-7-8-22(27-26-18)29-21-11-16-3-2-4-19(25-16)23(21)24/h5-10,12,16,19,21,23,25,28H,2-4,11H2,1H3/t16?,19?,21-,23+/m1/s1. The Morgan fingerprint density at radius 1 is 1.13 bits per heavy atom. The van der Waals surface area contributed by atoms with Gasteiger partial charge in [0.05, 0.1) is 5.69 Å². The van der Waals surface area contributed by atoms with Gasteiger partial charge in [-0.15, -0.1) is 21.5 Å². The van der Waals surface area contributed by atoms with Crippen LogP contribution in [0.3, 0.4) is 0 Å². The van der Waals surface area contributed by atoms with Crippen LogP contribution in [0, 0.1) is 6.92 Å². The van der Waals surface area contributed by atoms with Crippen LogP contribution < -0.4 is 10.1 Å². The highest BCUT2D eigenvalue weighted by atomic mass is 32.1. The maximum absolute atomic E-state index is 14.7. The number of aromatic nitrogens is 2. The number of fused-ring (bicyclic) bond motifs is 2. The van der Waals surface area contributed by atoms with E-state index in [1.807, 2.05) is 12.1 Å². The van der Waals surface area contributed by atoms with E-state index in [4.69, 9.17) is 4.74 Å². The first-order valence-electron chi connectivity index (χ1n) is 10.4. The number of aryl methyl sites for hydroxylation is 1. The lowest BCUT2D eigenvalue weighted by Crippen LogP contribution is -2.59. The molecule has 5 nitrogen and oxygen atoms in total. The highest BCUT2D eigenvalue weighted by Crippen LogP contribution is 2.35. The number of alkyl halides is 1. The fourth-order valence-corrected chi connectivity index (χ4v) is 5.19. The van der Waals surface area contributed by atoms with Gasteiger partial charge >= 0.3 is 0 Å². The number of phenolic OH excluding ortho intramolecular Hbond substituents is 1. The third-order valence-corrected chi connectivity index (χ3v) is 6.89. The summed E-state index contributed by atoms with van der Waals surface area (Å²) in [5.41, 5.74) is 3.19. The molecule has 0 spiro atoms. The van der Waals surface area contributed by atoms with Crippen LogP contribution in [-0.4, -0.2) is 39.7 Å². The second-order valence-corrected chi connectivity index (χ2v) is 9.29. The SMILES string of the molecule is Cc1cc(-c2ccc(-c3ccc(O[C@@H]4CC5CCCC(N5)[C@@H]4F)nn3)c(O)c2)cs1. The molecule has 156 valence electrons. The lowest BCUT2D eigenvalue weighted by atomic mass is 9.84. The van der Waals surface area contributed by atoms with E-state index in [1.165, 1.54) is 4.88 Å². The van der Waals surface area contributed by atoms with Gasteiger partial charge in [0.25, 0.3) is 0 Å². The van der Waals surface area contributed by atoms with Gasteiger partial charge in [0.1, 0.15) is 11.9 Å². The van der Waals surface area contributed by atoms with Gasteiger partial charge in [-0.25, -0.2) is 4.39 Å². The Bertz CT molecular complexity index is 1040. The molecule has 2 aliphatic rings. The Balaban J connectivity index is 1.31. The summed E-state index contributed by atoms with van der Waals surface area (Å²) in [4.78, 5) is 1.22. The van der Waals surface area contributed by atoms with Crippen molar-refractivity contribution in [2.75, 3.05) is 0 Å². The van der Waals surface area contributed by atoms with Gasteiger partial charge in [-0.3, -0.25) is 0 Å².